The quantitative estimate of drug-likeness (QED) is 0.510. The molecule has 29 heavy (non-hydrogen) atoms. The summed E-state index contributed by atoms with van der Waals surface area (Å²) in [6.07, 6.45) is 3.00. The first-order chi connectivity index (χ1) is 13.9. The predicted molar refractivity (Wildman–Crippen MR) is 114 cm³/mol. The molecular formula is C21H25NO6S. The fourth-order valence-electron chi connectivity index (χ4n) is 2.69. The van der Waals surface area contributed by atoms with Crippen molar-refractivity contribution in [2.24, 2.45) is 0 Å². The molecule has 0 fully saturated rings. The Balaban J connectivity index is 2.25. The summed E-state index contributed by atoms with van der Waals surface area (Å²) in [7, 11) is 4.57. The third-order valence-corrected chi connectivity index (χ3v) is 5.34. The number of hydrogen-bond donors (Lipinski definition) is 1. The van der Waals surface area contributed by atoms with Gasteiger partial charge in [-0.15, -0.1) is 11.3 Å². The van der Waals surface area contributed by atoms with E-state index in [0.717, 1.165) is 10.4 Å². The summed E-state index contributed by atoms with van der Waals surface area (Å²) in [6, 6.07) is 3.46. The molecule has 1 N–H and O–H groups in total. The molecule has 1 amide bonds. The van der Waals surface area contributed by atoms with Crippen molar-refractivity contribution in [2.75, 3.05) is 33.3 Å². The zero-order valence-electron chi connectivity index (χ0n) is 17.4. The summed E-state index contributed by atoms with van der Waals surface area (Å²) in [5, 5.41) is 3.24. The van der Waals surface area contributed by atoms with Crippen LogP contribution in [0.5, 0.6) is 17.2 Å². The van der Waals surface area contributed by atoms with Crippen LogP contribution in [0.2, 0.25) is 0 Å². The van der Waals surface area contributed by atoms with Crippen LogP contribution in [0.15, 0.2) is 18.2 Å². The van der Waals surface area contributed by atoms with E-state index in [0.29, 0.717) is 33.4 Å². The maximum Gasteiger partial charge on any atom is 0.341 e. The van der Waals surface area contributed by atoms with Gasteiger partial charge in [0, 0.05) is 11.0 Å². The number of nitrogens with one attached hydrogen (secondary N) is 1. The lowest BCUT2D eigenvalue weighted by atomic mass is 10.1. The van der Waals surface area contributed by atoms with E-state index in [1.165, 1.54) is 38.7 Å². The van der Waals surface area contributed by atoms with Gasteiger partial charge in [0.05, 0.1) is 33.5 Å². The fourth-order valence-corrected chi connectivity index (χ4v) is 3.74. The number of benzene rings is 1. The molecule has 0 spiro atoms. The van der Waals surface area contributed by atoms with Crippen LogP contribution in [0.3, 0.4) is 0 Å². The number of hydrogen-bond acceptors (Lipinski definition) is 7. The number of thiophene rings is 1. The Labute approximate surface area is 174 Å². The summed E-state index contributed by atoms with van der Waals surface area (Å²) in [5.41, 5.74) is 1.89. The lowest BCUT2D eigenvalue weighted by molar-refractivity contribution is -0.111. The van der Waals surface area contributed by atoms with Gasteiger partial charge in [0.15, 0.2) is 11.5 Å². The van der Waals surface area contributed by atoms with Gasteiger partial charge >= 0.3 is 5.97 Å². The molecule has 0 aliphatic carbocycles. The third-order valence-electron chi connectivity index (χ3n) is 4.22. The minimum atomic E-state index is -0.446. The molecule has 0 saturated heterocycles. The molecule has 0 bridgehead atoms. The van der Waals surface area contributed by atoms with Crippen LogP contribution >= 0.6 is 11.3 Å². The highest BCUT2D eigenvalue weighted by Gasteiger charge is 2.21. The highest BCUT2D eigenvalue weighted by atomic mass is 32.1. The number of esters is 1. The lowest BCUT2D eigenvalue weighted by Gasteiger charge is -2.12. The minimum absolute atomic E-state index is 0.265. The fraction of sp³-hybridized carbons (Fsp3) is 0.333. The van der Waals surface area contributed by atoms with Crippen molar-refractivity contribution in [2.45, 2.75) is 20.8 Å². The van der Waals surface area contributed by atoms with Crippen LogP contribution in [0.4, 0.5) is 5.00 Å². The van der Waals surface area contributed by atoms with Crippen LogP contribution in [0.1, 0.15) is 33.3 Å². The number of methoxy groups -OCH3 is 3. The van der Waals surface area contributed by atoms with E-state index in [-0.39, 0.29) is 12.5 Å². The molecular weight excluding hydrogens is 394 g/mol. The zero-order chi connectivity index (χ0) is 21.6. The van der Waals surface area contributed by atoms with E-state index in [2.05, 4.69) is 5.32 Å². The number of aryl methyl sites for hydroxylation is 1. The Kier molecular flexibility index (Phi) is 7.67. The molecule has 0 aliphatic heterocycles. The van der Waals surface area contributed by atoms with Crippen LogP contribution in [0, 0.1) is 13.8 Å². The van der Waals surface area contributed by atoms with Gasteiger partial charge in [0.1, 0.15) is 5.00 Å². The van der Waals surface area contributed by atoms with Crippen LogP contribution in [-0.2, 0) is 9.53 Å². The number of carbonyl (C=O) groups excluding carboxylic acids is 2. The first-order valence-corrected chi connectivity index (χ1v) is 9.74. The van der Waals surface area contributed by atoms with E-state index in [1.54, 1.807) is 25.1 Å². The van der Waals surface area contributed by atoms with Gasteiger partial charge < -0.3 is 24.3 Å². The molecule has 1 aromatic heterocycles. The Morgan fingerprint density at radius 3 is 2.21 bits per heavy atom. The summed E-state index contributed by atoms with van der Waals surface area (Å²) >= 11 is 1.34. The van der Waals surface area contributed by atoms with E-state index < -0.39 is 5.97 Å². The van der Waals surface area contributed by atoms with Gasteiger partial charge in [-0.25, -0.2) is 4.79 Å². The largest absolute Gasteiger partial charge is 0.493 e. The maximum absolute atomic E-state index is 12.4. The van der Waals surface area contributed by atoms with Gasteiger partial charge in [-0.3, -0.25) is 4.79 Å². The Morgan fingerprint density at radius 1 is 1.07 bits per heavy atom. The van der Waals surface area contributed by atoms with Gasteiger partial charge in [0.25, 0.3) is 0 Å². The molecule has 7 nitrogen and oxygen atoms in total. The van der Waals surface area contributed by atoms with Crippen LogP contribution in [-0.4, -0.2) is 39.8 Å². The lowest BCUT2D eigenvalue weighted by Crippen LogP contribution is -2.12. The SMILES string of the molecule is CCOC(=O)c1c(NC(=O)C=Cc2cc(OC)c(OC)c(OC)c2)sc(C)c1C. The molecule has 0 aliphatic rings. The minimum Gasteiger partial charge on any atom is -0.493 e. The number of rotatable bonds is 8. The topological polar surface area (TPSA) is 83.1 Å². The van der Waals surface area contributed by atoms with Crippen molar-refractivity contribution < 1.29 is 28.5 Å². The second-order valence-electron chi connectivity index (χ2n) is 5.99. The van der Waals surface area contributed by atoms with Crippen molar-refractivity contribution in [3.63, 3.8) is 0 Å². The summed E-state index contributed by atoms with van der Waals surface area (Å²) in [5.74, 6) is 0.631. The number of ether oxygens (including phenoxy) is 4. The average molecular weight is 419 g/mol. The van der Waals surface area contributed by atoms with Crippen molar-refractivity contribution >= 4 is 34.3 Å². The van der Waals surface area contributed by atoms with E-state index >= 15 is 0 Å². The van der Waals surface area contributed by atoms with Crippen molar-refractivity contribution in [1.29, 1.82) is 0 Å². The molecule has 0 radical (unpaired) electrons. The standard InChI is InChI=1S/C21H25NO6S/c1-7-28-21(24)18-12(2)13(3)29-20(18)22-17(23)9-8-14-10-15(25-4)19(27-6)16(11-14)26-5/h8-11H,7H2,1-6H3,(H,22,23). The van der Waals surface area contributed by atoms with Gasteiger partial charge in [0.2, 0.25) is 11.7 Å². The van der Waals surface area contributed by atoms with Gasteiger partial charge in [-0.1, -0.05) is 0 Å². The molecule has 0 unspecified atom stereocenters. The molecule has 0 atom stereocenters. The average Bonchev–Trinajstić information content (AvgIpc) is 2.98. The first kappa shape index (κ1) is 22.3. The first-order valence-electron chi connectivity index (χ1n) is 8.92. The highest BCUT2D eigenvalue weighted by Crippen LogP contribution is 2.38. The zero-order valence-corrected chi connectivity index (χ0v) is 18.2. The Bertz CT molecular complexity index is 906. The van der Waals surface area contributed by atoms with Crippen LogP contribution < -0.4 is 19.5 Å². The smallest absolute Gasteiger partial charge is 0.341 e. The number of carbonyl (C=O) groups is 2. The molecule has 1 heterocycles. The second kappa shape index (κ2) is 9.97. The van der Waals surface area contributed by atoms with Gasteiger partial charge in [-0.05, 0) is 50.1 Å². The highest BCUT2D eigenvalue weighted by molar-refractivity contribution is 7.16. The number of anilines is 1. The Hall–Kier alpha value is -3.00. The Morgan fingerprint density at radius 2 is 1.69 bits per heavy atom. The summed E-state index contributed by atoms with van der Waals surface area (Å²) < 4.78 is 21.0. The van der Waals surface area contributed by atoms with E-state index in [9.17, 15) is 9.59 Å². The normalized spacial score (nSPS) is 10.7. The molecule has 8 heteroatoms. The summed E-state index contributed by atoms with van der Waals surface area (Å²) in [4.78, 5) is 25.6. The van der Waals surface area contributed by atoms with E-state index in [4.69, 9.17) is 18.9 Å². The van der Waals surface area contributed by atoms with Crippen molar-refractivity contribution in [3.05, 3.63) is 39.8 Å². The molecule has 1 aromatic carbocycles. The van der Waals surface area contributed by atoms with Crippen molar-refractivity contribution in [3.8, 4) is 17.2 Å². The second-order valence-corrected chi connectivity index (χ2v) is 7.21. The molecule has 2 aromatic rings. The maximum atomic E-state index is 12.4. The van der Waals surface area contributed by atoms with E-state index in [1.807, 2.05) is 13.8 Å². The third kappa shape index (κ3) is 5.08. The molecule has 2 rings (SSSR count). The summed E-state index contributed by atoms with van der Waals surface area (Å²) in [6.45, 7) is 5.73. The monoisotopic (exact) mass is 419 g/mol. The molecule has 0 saturated carbocycles. The van der Waals surface area contributed by atoms with Crippen molar-refractivity contribution in [1.82, 2.24) is 0 Å². The van der Waals surface area contributed by atoms with Crippen LogP contribution in [0.25, 0.3) is 6.08 Å². The van der Waals surface area contributed by atoms with Gasteiger partial charge in [-0.2, -0.15) is 0 Å². The predicted octanol–water partition coefficient (Wildman–Crippen LogP) is 4.22. The molecule has 156 valence electrons. The number of amides is 1.